The van der Waals surface area contributed by atoms with E-state index >= 15 is 0 Å². The number of nitro groups is 1. The third kappa shape index (κ3) is 4.60. The fourth-order valence-corrected chi connectivity index (χ4v) is 5.07. The maximum atomic E-state index is 13.5. The minimum Gasteiger partial charge on any atom is -0.389 e. The van der Waals surface area contributed by atoms with Crippen LogP contribution in [0.25, 0.3) is 0 Å². The van der Waals surface area contributed by atoms with E-state index < -0.39 is 10.5 Å². The molecule has 4 rings (SSSR count). The zero-order valence-electron chi connectivity index (χ0n) is 17.2. The van der Waals surface area contributed by atoms with Gasteiger partial charge in [0.05, 0.1) is 17.1 Å². The van der Waals surface area contributed by atoms with Crippen molar-refractivity contribution in [3.63, 3.8) is 0 Å². The summed E-state index contributed by atoms with van der Waals surface area (Å²) in [5, 5.41) is 24.9. The van der Waals surface area contributed by atoms with Crippen molar-refractivity contribution in [3.8, 4) is 0 Å². The molecule has 0 radical (unpaired) electrons. The zero-order valence-corrected chi connectivity index (χ0v) is 17.2. The molecule has 2 fully saturated rings. The van der Waals surface area contributed by atoms with Crippen LogP contribution in [0.2, 0.25) is 0 Å². The van der Waals surface area contributed by atoms with E-state index in [1.807, 2.05) is 0 Å². The number of non-ortho nitro benzene ring substituents is 1. The van der Waals surface area contributed by atoms with Crippen molar-refractivity contribution in [3.05, 3.63) is 70.0 Å². The lowest BCUT2D eigenvalue weighted by atomic mass is 9.66. The molecule has 1 aliphatic carbocycles. The molecule has 2 aromatic carbocycles. The maximum Gasteiger partial charge on any atom is 0.269 e. The molecular formula is C23H26FN3O4. The van der Waals surface area contributed by atoms with Crippen LogP contribution in [0.5, 0.6) is 0 Å². The van der Waals surface area contributed by atoms with Gasteiger partial charge in [0.15, 0.2) is 0 Å². The number of rotatable bonds is 5. The van der Waals surface area contributed by atoms with Crippen LogP contribution in [0.15, 0.2) is 48.5 Å². The third-order valence-electron chi connectivity index (χ3n) is 6.59. The molecule has 7 nitrogen and oxygen atoms in total. The predicted octanol–water partition coefficient (Wildman–Crippen LogP) is 4.04. The second-order valence-electron chi connectivity index (χ2n) is 8.52. The van der Waals surface area contributed by atoms with Crippen LogP contribution in [-0.4, -0.2) is 39.5 Å². The van der Waals surface area contributed by atoms with Crippen LogP contribution < -0.4 is 5.32 Å². The number of carbonyl (C=O) groups excluding carboxylic acids is 1. The van der Waals surface area contributed by atoms with Gasteiger partial charge < -0.3 is 10.4 Å². The van der Waals surface area contributed by atoms with Gasteiger partial charge >= 0.3 is 0 Å². The van der Waals surface area contributed by atoms with E-state index in [1.54, 1.807) is 12.1 Å². The van der Waals surface area contributed by atoms with Gasteiger partial charge in [-0.3, -0.25) is 19.8 Å². The number of fused-ring (bicyclic) bond motifs is 1. The molecule has 2 aliphatic rings. The SMILES string of the molecule is O=C(CN1CC[C@@]2(O)CCCC[C@@H]2[C@@H]1c1ccc(F)cc1)Nc1ccc([N+](=O)[O-])cc1. The molecule has 8 heteroatoms. The Hall–Kier alpha value is -2.84. The molecule has 2 N–H and O–H groups in total. The molecule has 1 saturated heterocycles. The van der Waals surface area contributed by atoms with E-state index in [-0.39, 0.29) is 35.9 Å². The van der Waals surface area contributed by atoms with E-state index in [1.165, 1.54) is 36.4 Å². The molecule has 3 atom stereocenters. The molecule has 1 amide bonds. The Bertz CT molecular complexity index is 950. The van der Waals surface area contributed by atoms with E-state index in [2.05, 4.69) is 10.2 Å². The van der Waals surface area contributed by atoms with Crippen molar-refractivity contribution in [1.82, 2.24) is 4.90 Å². The van der Waals surface area contributed by atoms with Gasteiger partial charge in [-0.1, -0.05) is 25.0 Å². The summed E-state index contributed by atoms with van der Waals surface area (Å²) in [6.07, 6.45) is 4.22. The Balaban J connectivity index is 1.53. The Labute approximate surface area is 180 Å². The van der Waals surface area contributed by atoms with Crippen LogP contribution in [0.4, 0.5) is 15.8 Å². The highest BCUT2D eigenvalue weighted by molar-refractivity contribution is 5.92. The number of halogens is 1. The van der Waals surface area contributed by atoms with E-state index in [4.69, 9.17) is 0 Å². The first-order chi connectivity index (χ1) is 14.9. The van der Waals surface area contributed by atoms with Crippen LogP contribution in [0.1, 0.15) is 43.7 Å². The number of nitrogens with one attached hydrogen (secondary N) is 1. The molecule has 0 spiro atoms. The van der Waals surface area contributed by atoms with Crippen molar-refractivity contribution in [2.45, 2.75) is 43.7 Å². The van der Waals surface area contributed by atoms with Gasteiger partial charge in [0.1, 0.15) is 5.82 Å². The number of aliphatic hydroxyl groups is 1. The summed E-state index contributed by atoms with van der Waals surface area (Å²) in [5.41, 5.74) is 0.583. The quantitative estimate of drug-likeness (QED) is 0.555. The smallest absolute Gasteiger partial charge is 0.269 e. The number of amides is 1. The van der Waals surface area contributed by atoms with Gasteiger partial charge in [-0.05, 0) is 49.1 Å². The zero-order chi connectivity index (χ0) is 22.0. The number of nitrogens with zero attached hydrogens (tertiary/aromatic N) is 2. The van der Waals surface area contributed by atoms with E-state index in [0.717, 1.165) is 31.2 Å². The topological polar surface area (TPSA) is 95.7 Å². The monoisotopic (exact) mass is 427 g/mol. The summed E-state index contributed by atoms with van der Waals surface area (Å²) >= 11 is 0. The van der Waals surface area contributed by atoms with Gasteiger partial charge in [0.2, 0.25) is 5.91 Å². The van der Waals surface area contributed by atoms with Crippen LogP contribution >= 0.6 is 0 Å². The molecule has 1 saturated carbocycles. The summed E-state index contributed by atoms with van der Waals surface area (Å²) in [7, 11) is 0. The molecule has 1 aliphatic heterocycles. The number of anilines is 1. The predicted molar refractivity (Wildman–Crippen MR) is 114 cm³/mol. The van der Waals surface area contributed by atoms with Crippen molar-refractivity contribution < 1.29 is 19.2 Å². The second-order valence-corrected chi connectivity index (χ2v) is 8.52. The minimum atomic E-state index is -0.761. The summed E-state index contributed by atoms with van der Waals surface area (Å²) < 4.78 is 13.5. The Morgan fingerprint density at radius 3 is 2.55 bits per heavy atom. The molecular weight excluding hydrogens is 401 g/mol. The lowest BCUT2D eigenvalue weighted by molar-refractivity contribution is -0.384. The Morgan fingerprint density at radius 2 is 1.87 bits per heavy atom. The lowest BCUT2D eigenvalue weighted by Gasteiger charge is -2.52. The average molecular weight is 427 g/mol. The van der Waals surface area contributed by atoms with Crippen LogP contribution in [0, 0.1) is 21.8 Å². The Morgan fingerprint density at radius 1 is 1.16 bits per heavy atom. The highest BCUT2D eigenvalue weighted by atomic mass is 19.1. The number of nitro benzene ring substituents is 1. The van der Waals surface area contributed by atoms with Gasteiger partial charge in [0, 0.05) is 36.3 Å². The summed E-state index contributed by atoms with van der Waals surface area (Å²) in [5.74, 6) is -0.573. The lowest BCUT2D eigenvalue weighted by Crippen LogP contribution is -2.56. The Kier molecular flexibility index (Phi) is 6.02. The largest absolute Gasteiger partial charge is 0.389 e. The molecule has 2 aromatic rings. The number of benzene rings is 2. The molecule has 31 heavy (non-hydrogen) atoms. The van der Waals surface area contributed by atoms with Gasteiger partial charge in [0.25, 0.3) is 5.69 Å². The third-order valence-corrected chi connectivity index (χ3v) is 6.59. The minimum absolute atomic E-state index is 0.0207. The number of carbonyl (C=O) groups is 1. The van der Waals surface area contributed by atoms with Crippen LogP contribution in [0.3, 0.4) is 0 Å². The molecule has 1 heterocycles. The standard InChI is InChI=1S/C23H26FN3O4/c24-17-6-4-16(5-7-17)22-20-3-1-2-12-23(20,29)13-14-26(22)15-21(28)25-18-8-10-19(11-9-18)27(30)31/h4-11,20,22,29H,1-3,12-15H2,(H,25,28)/t20-,22+,23+/m1/s1. The fourth-order valence-electron chi connectivity index (χ4n) is 5.07. The van der Waals surface area contributed by atoms with Crippen molar-refractivity contribution in [2.75, 3.05) is 18.4 Å². The van der Waals surface area contributed by atoms with Crippen LogP contribution in [-0.2, 0) is 4.79 Å². The molecule has 0 unspecified atom stereocenters. The molecule has 164 valence electrons. The van der Waals surface area contributed by atoms with E-state index in [9.17, 15) is 24.4 Å². The average Bonchev–Trinajstić information content (AvgIpc) is 2.75. The molecule has 0 bridgehead atoms. The first-order valence-electron chi connectivity index (χ1n) is 10.6. The first kappa shape index (κ1) is 21.4. The van der Waals surface area contributed by atoms with Gasteiger partial charge in [-0.15, -0.1) is 0 Å². The van der Waals surface area contributed by atoms with Crippen molar-refractivity contribution in [1.29, 1.82) is 0 Å². The maximum absolute atomic E-state index is 13.5. The summed E-state index contributed by atoms with van der Waals surface area (Å²) in [6, 6.07) is 11.8. The highest BCUT2D eigenvalue weighted by Gasteiger charge is 2.49. The normalized spacial score (nSPS) is 26.1. The first-order valence-corrected chi connectivity index (χ1v) is 10.6. The molecule has 0 aromatic heterocycles. The number of hydrogen-bond acceptors (Lipinski definition) is 5. The van der Waals surface area contributed by atoms with Crippen molar-refractivity contribution in [2.24, 2.45) is 5.92 Å². The summed E-state index contributed by atoms with van der Waals surface area (Å²) in [4.78, 5) is 25.1. The van der Waals surface area contributed by atoms with Gasteiger partial charge in [-0.25, -0.2) is 4.39 Å². The number of likely N-dealkylation sites (tertiary alicyclic amines) is 1. The van der Waals surface area contributed by atoms with Crippen molar-refractivity contribution >= 4 is 17.3 Å². The van der Waals surface area contributed by atoms with E-state index in [0.29, 0.717) is 18.7 Å². The van der Waals surface area contributed by atoms with Gasteiger partial charge in [-0.2, -0.15) is 0 Å². The highest BCUT2D eigenvalue weighted by Crippen LogP contribution is 2.49. The fraction of sp³-hybridized carbons (Fsp3) is 0.435. The summed E-state index contributed by atoms with van der Waals surface area (Å²) in [6.45, 7) is 0.675. The number of piperidine rings is 1. The number of hydrogen-bond donors (Lipinski definition) is 2. The second kappa shape index (κ2) is 8.72.